The van der Waals surface area contributed by atoms with Crippen LogP contribution < -0.4 is 15.2 Å². The fraction of sp³-hybridized carbons (Fsp3) is 0.429. The van der Waals surface area contributed by atoms with E-state index < -0.39 is 5.56 Å². The molecule has 0 bridgehead atoms. The average molecular weight is 443 g/mol. The Morgan fingerprint density at radius 1 is 1.32 bits per heavy atom. The van der Waals surface area contributed by atoms with E-state index in [1.807, 2.05) is 24.0 Å². The van der Waals surface area contributed by atoms with Gasteiger partial charge in [0, 0.05) is 36.5 Å². The lowest BCUT2D eigenvalue weighted by atomic mass is 10.0. The Bertz CT molecular complexity index is 1170. The van der Waals surface area contributed by atoms with Gasteiger partial charge in [-0.3, -0.25) is 9.48 Å². The molecule has 2 aliphatic rings. The summed E-state index contributed by atoms with van der Waals surface area (Å²) in [6.07, 6.45) is 4.07. The number of aromatic nitrogens is 5. The van der Waals surface area contributed by atoms with Gasteiger partial charge >= 0.3 is 0 Å². The van der Waals surface area contributed by atoms with Crippen molar-refractivity contribution in [3.63, 3.8) is 0 Å². The maximum Gasteiger partial charge on any atom is 0.285 e. The number of hydrogen-bond acceptors (Lipinski definition) is 7. The Kier molecular flexibility index (Phi) is 5.15. The van der Waals surface area contributed by atoms with Crippen LogP contribution >= 0.6 is 11.6 Å². The molecule has 2 aliphatic heterocycles. The highest BCUT2D eigenvalue weighted by Gasteiger charge is 2.28. The van der Waals surface area contributed by atoms with Crippen LogP contribution in [0.5, 0.6) is 5.88 Å². The van der Waals surface area contributed by atoms with E-state index in [1.165, 1.54) is 0 Å². The fourth-order valence-corrected chi connectivity index (χ4v) is 4.45. The van der Waals surface area contributed by atoms with E-state index in [4.69, 9.17) is 26.2 Å². The summed E-state index contributed by atoms with van der Waals surface area (Å²) in [4.78, 5) is 18.1. The van der Waals surface area contributed by atoms with E-state index in [0.717, 1.165) is 35.5 Å². The molecule has 0 radical (unpaired) electrons. The number of ether oxygens (including phenoxy) is 2. The van der Waals surface area contributed by atoms with Crippen LogP contribution in [0.3, 0.4) is 0 Å². The SMILES string of the molecule is Cc1nn(C2COC2)c(C)c1-c1ccnc(O[C@@H]2CCN(c3cn[nH]c(=O)c3Cl)C2)c1. The Hall–Kier alpha value is -2.91. The molecule has 3 aromatic heterocycles. The first-order chi connectivity index (χ1) is 15.0. The van der Waals surface area contributed by atoms with Gasteiger partial charge in [-0.25, -0.2) is 10.1 Å². The van der Waals surface area contributed by atoms with Crippen molar-refractivity contribution in [1.82, 2.24) is 25.0 Å². The minimum atomic E-state index is -0.391. The number of nitrogens with zero attached hydrogens (tertiary/aromatic N) is 5. The van der Waals surface area contributed by atoms with E-state index >= 15 is 0 Å². The lowest BCUT2D eigenvalue weighted by molar-refractivity contribution is -0.0295. The van der Waals surface area contributed by atoms with Crippen LogP contribution in [0.25, 0.3) is 11.1 Å². The van der Waals surface area contributed by atoms with Gasteiger partial charge in [0.15, 0.2) is 0 Å². The van der Waals surface area contributed by atoms with Crippen LogP contribution in [0.4, 0.5) is 5.69 Å². The molecule has 9 nitrogen and oxygen atoms in total. The van der Waals surface area contributed by atoms with Crippen LogP contribution in [-0.4, -0.2) is 57.4 Å². The summed E-state index contributed by atoms with van der Waals surface area (Å²) in [5, 5.41) is 11.1. The molecule has 5 heterocycles. The number of halogens is 1. The Morgan fingerprint density at radius 2 is 2.16 bits per heavy atom. The minimum Gasteiger partial charge on any atom is -0.472 e. The van der Waals surface area contributed by atoms with Gasteiger partial charge < -0.3 is 14.4 Å². The molecule has 0 spiro atoms. The monoisotopic (exact) mass is 442 g/mol. The summed E-state index contributed by atoms with van der Waals surface area (Å²) in [7, 11) is 0. The second kappa shape index (κ2) is 7.97. The lowest BCUT2D eigenvalue weighted by Crippen LogP contribution is -2.32. The van der Waals surface area contributed by atoms with Gasteiger partial charge in [0.2, 0.25) is 5.88 Å². The summed E-state index contributed by atoms with van der Waals surface area (Å²) in [6, 6.07) is 4.25. The van der Waals surface area contributed by atoms with Gasteiger partial charge in [-0.2, -0.15) is 10.2 Å². The van der Waals surface area contributed by atoms with Crippen LogP contribution in [0.1, 0.15) is 23.9 Å². The second-order valence-electron chi connectivity index (χ2n) is 7.94. The molecular formula is C21H23ClN6O3. The highest BCUT2D eigenvalue weighted by Crippen LogP contribution is 2.32. The number of nitrogens with one attached hydrogen (secondary N) is 1. The van der Waals surface area contributed by atoms with Crippen LogP contribution in [-0.2, 0) is 4.74 Å². The summed E-state index contributed by atoms with van der Waals surface area (Å²) >= 11 is 6.14. The molecule has 0 unspecified atom stereocenters. The fourth-order valence-electron chi connectivity index (χ4n) is 4.24. The third kappa shape index (κ3) is 3.68. The highest BCUT2D eigenvalue weighted by molar-refractivity contribution is 6.33. The molecule has 0 aromatic carbocycles. The average Bonchev–Trinajstić information content (AvgIpc) is 3.27. The molecular weight excluding hydrogens is 420 g/mol. The van der Waals surface area contributed by atoms with Gasteiger partial charge in [-0.05, 0) is 25.5 Å². The Labute approximate surface area is 184 Å². The molecule has 2 saturated heterocycles. The van der Waals surface area contributed by atoms with Crippen molar-refractivity contribution in [3.05, 3.63) is 51.3 Å². The largest absolute Gasteiger partial charge is 0.472 e. The molecule has 1 N–H and O–H groups in total. The van der Waals surface area contributed by atoms with Gasteiger partial charge in [-0.15, -0.1) is 0 Å². The first-order valence-corrected chi connectivity index (χ1v) is 10.6. The lowest BCUT2D eigenvalue weighted by Gasteiger charge is -2.27. The quantitative estimate of drug-likeness (QED) is 0.648. The van der Waals surface area contributed by atoms with Crippen LogP contribution in [0.2, 0.25) is 5.02 Å². The van der Waals surface area contributed by atoms with E-state index in [-0.39, 0.29) is 11.1 Å². The number of rotatable bonds is 5. The first-order valence-electron chi connectivity index (χ1n) is 10.3. The standard InChI is InChI=1S/C21H23ClN6O3/c1-12-19(13(2)28(26-12)15-10-30-11-15)14-3-5-23-18(7-14)31-16-4-6-27(9-16)17-8-24-25-21(29)20(17)22/h3,5,7-8,15-16H,4,6,9-11H2,1-2H3,(H,25,29)/t16-/m1/s1. The van der Waals surface area contributed by atoms with Crippen LogP contribution in [0.15, 0.2) is 29.3 Å². The molecule has 3 aromatic rings. The van der Waals surface area contributed by atoms with Crippen molar-refractivity contribution >= 4 is 17.3 Å². The summed E-state index contributed by atoms with van der Waals surface area (Å²) in [6.45, 7) is 6.85. The predicted molar refractivity (Wildman–Crippen MR) is 116 cm³/mol. The number of pyridine rings is 1. The molecule has 162 valence electrons. The minimum absolute atomic E-state index is 0.0600. The van der Waals surface area contributed by atoms with Gasteiger partial charge in [0.1, 0.15) is 11.1 Å². The first kappa shape index (κ1) is 20.0. The summed E-state index contributed by atoms with van der Waals surface area (Å²) in [5.74, 6) is 0.568. The van der Waals surface area contributed by atoms with Crippen molar-refractivity contribution in [2.45, 2.75) is 32.4 Å². The van der Waals surface area contributed by atoms with E-state index in [2.05, 4.69) is 26.8 Å². The van der Waals surface area contributed by atoms with Crippen molar-refractivity contribution in [2.75, 3.05) is 31.2 Å². The number of aromatic amines is 1. The zero-order valence-electron chi connectivity index (χ0n) is 17.3. The van der Waals surface area contributed by atoms with E-state index in [1.54, 1.807) is 12.4 Å². The van der Waals surface area contributed by atoms with Gasteiger partial charge in [0.25, 0.3) is 5.56 Å². The Balaban J connectivity index is 1.33. The van der Waals surface area contributed by atoms with Crippen LogP contribution in [0, 0.1) is 13.8 Å². The van der Waals surface area contributed by atoms with Crippen molar-refractivity contribution in [3.8, 4) is 17.0 Å². The van der Waals surface area contributed by atoms with Crippen molar-refractivity contribution in [2.24, 2.45) is 0 Å². The molecule has 0 saturated carbocycles. The number of hydrogen-bond donors (Lipinski definition) is 1. The maximum atomic E-state index is 11.7. The smallest absolute Gasteiger partial charge is 0.285 e. The molecule has 31 heavy (non-hydrogen) atoms. The number of H-pyrrole nitrogens is 1. The third-order valence-corrected chi connectivity index (χ3v) is 6.23. The molecule has 1 atom stereocenters. The predicted octanol–water partition coefficient (Wildman–Crippen LogP) is 2.53. The number of aryl methyl sites for hydroxylation is 1. The van der Waals surface area contributed by atoms with Gasteiger partial charge in [-0.1, -0.05) is 11.6 Å². The zero-order valence-corrected chi connectivity index (χ0v) is 18.1. The summed E-state index contributed by atoms with van der Waals surface area (Å²) in [5.41, 5.74) is 4.46. The van der Waals surface area contributed by atoms with Gasteiger partial charge in [0.05, 0.1) is 43.4 Å². The van der Waals surface area contributed by atoms with Crippen molar-refractivity contribution < 1.29 is 9.47 Å². The summed E-state index contributed by atoms with van der Waals surface area (Å²) < 4.78 is 13.6. The van der Waals surface area contributed by atoms with E-state index in [9.17, 15) is 4.79 Å². The molecule has 10 heteroatoms. The molecule has 0 aliphatic carbocycles. The normalized spacial score (nSPS) is 18.9. The van der Waals surface area contributed by atoms with Crippen molar-refractivity contribution in [1.29, 1.82) is 0 Å². The third-order valence-electron chi connectivity index (χ3n) is 5.87. The second-order valence-corrected chi connectivity index (χ2v) is 8.32. The van der Waals surface area contributed by atoms with E-state index in [0.29, 0.717) is 37.4 Å². The zero-order chi connectivity index (χ0) is 21.5. The molecule has 0 amide bonds. The maximum absolute atomic E-state index is 11.7. The molecule has 5 rings (SSSR count). The highest BCUT2D eigenvalue weighted by atomic mass is 35.5. The number of anilines is 1. The molecule has 2 fully saturated rings. The topological polar surface area (TPSA) is 98.2 Å². The Morgan fingerprint density at radius 3 is 2.94 bits per heavy atom.